The number of hydrogen-bond donors (Lipinski definition) is 2. The lowest BCUT2D eigenvalue weighted by Gasteiger charge is -2.05. The highest BCUT2D eigenvalue weighted by Crippen LogP contribution is 1.98. The van der Waals surface area contributed by atoms with E-state index in [2.05, 4.69) is 19.0 Å². The Morgan fingerprint density at radius 3 is 2.69 bits per heavy atom. The van der Waals surface area contributed by atoms with Crippen LogP contribution in [0.3, 0.4) is 0 Å². The Balaban J connectivity index is 3.16. The molecule has 0 fully saturated rings. The number of nitrogens with one attached hydrogen (secondary N) is 1. The average molecular weight is 187 g/mol. The molecule has 0 aromatic rings. The Labute approximate surface area is 78.5 Å². The van der Waals surface area contributed by atoms with E-state index in [1.54, 1.807) is 0 Å². The summed E-state index contributed by atoms with van der Waals surface area (Å²) >= 11 is 0. The number of carboxylic acid groups (broad SMARTS) is 1. The van der Waals surface area contributed by atoms with Crippen LogP contribution in [0.25, 0.3) is 0 Å². The fourth-order valence-corrected chi connectivity index (χ4v) is 0.783. The van der Waals surface area contributed by atoms with Gasteiger partial charge in [0.1, 0.15) is 5.70 Å². The van der Waals surface area contributed by atoms with Crippen LogP contribution in [0.1, 0.15) is 32.6 Å². The number of carbonyl (C=O) groups is 1. The van der Waals surface area contributed by atoms with Crippen LogP contribution in [-0.2, 0) is 9.63 Å². The molecule has 0 saturated carbocycles. The molecule has 0 atom stereocenters. The number of unbranched alkanes of at least 4 members (excludes halogenated alkanes) is 3. The minimum Gasteiger partial charge on any atom is -0.477 e. The second-order valence-corrected chi connectivity index (χ2v) is 2.79. The molecule has 0 aliphatic heterocycles. The van der Waals surface area contributed by atoms with Crippen molar-refractivity contribution in [3.8, 4) is 0 Å². The molecule has 0 aromatic heterocycles. The van der Waals surface area contributed by atoms with Crippen LogP contribution >= 0.6 is 0 Å². The van der Waals surface area contributed by atoms with Gasteiger partial charge in [-0.1, -0.05) is 32.8 Å². The summed E-state index contributed by atoms with van der Waals surface area (Å²) in [5.74, 6) is -1.09. The Bertz CT molecular complexity index is 168. The van der Waals surface area contributed by atoms with E-state index in [0.717, 1.165) is 12.8 Å². The Morgan fingerprint density at radius 2 is 2.15 bits per heavy atom. The molecule has 76 valence electrons. The van der Waals surface area contributed by atoms with Crippen molar-refractivity contribution in [3.63, 3.8) is 0 Å². The quantitative estimate of drug-likeness (QED) is 0.345. The molecule has 0 radical (unpaired) electrons. The molecule has 0 aliphatic carbocycles. The largest absolute Gasteiger partial charge is 0.477 e. The lowest BCUT2D eigenvalue weighted by Crippen LogP contribution is -2.20. The molecule has 0 saturated heterocycles. The molecule has 0 heterocycles. The zero-order valence-corrected chi connectivity index (χ0v) is 8.01. The molecule has 0 rings (SSSR count). The first-order chi connectivity index (χ1) is 6.18. The Hall–Kier alpha value is -1.03. The van der Waals surface area contributed by atoms with E-state index < -0.39 is 5.97 Å². The van der Waals surface area contributed by atoms with Gasteiger partial charge in [-0.3, -0.25) is 10.3 Å². The third-order valence-electron chi connectivity index (χ3n) is 1.55. The SMILES string of the molecule is C=C(NOCCCCCC)C(=O)O. The third-order valence-corrected chi connectivity index (χ3v) is 1.55. The van der Waals surface area contributed by atoms with E-state index in [0.29, 0.717) is 6.61 Å². The van der Waals surface area contributed by atoms with Crippen molar-refractivity contribution in [2.75, 3.05) is 6.61 Å². The average Bonchev–Trinajstić information content (AvgIpc) is 2.10. The highest BCUT2D eigenvalue weighted by molar-refractivity contribution is 5.84. The molecule has 13 heavy (non-hydrogen) atoms. The maximum Gasteiger partial charge on any atom is 0.353 e. The van der Waals surface area contributed by atoms with Crippen LogP contribution in [0.4, 0.5) is 0 Å². The topological polar surface area (TPSA) is 58.6 Å². The molecule has 4 heteroatoms. The van der Waals surface area contributed by atoms with Crippen molar-refractivity contribution in [2.24, 2.45) is 0 Å². The summed E-state index contributed by atoms with van der Waals surface area (Å²) in [6.45, 7) is 5.90. The molecular weight excluding hydrogens is 170 g/mol. The predicted octanol–water partition coefficient (Wildman–Crippen LogP) is 1.69. The van der Waals surface area contributed by atoms with Crippen LogP contribution in [0.15, 0.2) is 12.3 Å². The minimum atomic E-state index is -1.09. The highest BCUT2D eigenvalue weighted by Gasteiger charge is 2.01. The lowest BCUT2D eigenvalue weighted by molar-refractivity contribution is -0.134. The number of rotatable bonds is 8. The van der Waals surface area contributed by atoms with Crippen LogP contribution in [0, 0.1) is 0 Å². The maximum absolute atomic E-state index is 10.2. The molecule has 0 unspecified atom stereocenters. The van der Waals surface area contributed by atoms with Gasteiger partial charge in [-0.15, -0.1) is 0 Å². The van der Waals surface area contributed by atoms with Crippen LogP contribution in [0.2, 0.25) is 0 Å². The van der Waals surface area contributed by atoms with Crippen LogP contribution < -0.4 is 5.48 Å². The van der Waals surface area contributed by atoms with E-state index in [1.165, 1.54) is 12.8 Å². The molecule has 0 aliphatic rings. The van der Waals surface area contributed by atoms with E-state index in [-0.39, 0.29) is 5.70 Å². The number of hydroxylamine groups is 1. The van der Waals surface area contributed by atoms with Crippen LogP contribution in [0.5, 0.6) is 0 Å². The van der Waals surface area contributed by atoms with Gasteiger partial charge in [0.25, 0.3) is 0 Å². The number of carboxylic acids is 1. The highest BCUT2D eigenvalue weighted by atomic mass is 16.6. The van der Waals surface area contributed by atoms with Gasteiger partial charge in [-0.2, -0.15) is 0 Å². The zero-order valence-electron chi connectivity index (χ0n) is 8.01. The third kappa shape index (κ3) is 7.33. The summed E-state index contributed by atoms with van der Waals surface area (Å²) in [6, 6.07) is 0. The van der Waals surface area contributed by atoms with Gasteiger partial charge in [0.05, 0.1) is 6.61 Å². The van der Waals surface area contributed by atoms with Gasteiger partial charge in [-0.05, 0) is 6.42 Å². The molecule has 0 bridgehead atoms. The lowest BCUT2D eigenvalue weighted by atomic mass is 10.2. The summed E-state index contributed by atoms with van der Waals surface area (Å²) in [5.41, 5.74) is 2.14. The fourth-order valence-electron chi connectivity index (χ4n) is 0.783. The molecule has 0 aromatic carbocycles. The summed E-state index contributed by atoms with van der Waals surface area (Å²) in [6.07, 6.45) is 4.41. The molecule has 0 amide bonds. The van der Waals surface area contributed by atoms with Gasteiger partial charge in [0.2, 0.25) is 0 Å². The molecule has 2 N–H and O–H groups in total. The number of hydrogen-bond acceptors (Lipinski definition) is 3. The van der Waals surface area contributed by atoms with E-state index in [1.807, 2.05) is 0 Å². The zero-order chi connectivity index (χ0) is 10.1. The summed E-state index contributed by atoms with van der Waals surface area (Å²) in [7, 11) is 0. The standard InChI is InChI=1S/C9H17NO3/c1-3-4-5-6-7-13-10-8(2)9(11)12/h10H,2-7H2,1H3,(H,11,12). The van der Waals surface area contributed by atoms with E-state index in [9.17, 15) is 4.79 Å². The summed E-state index contributed by atoms with van der Waals surface area (Å²) in [5, 5.41) is 8.38. The van der Waals surface area contributed by atoms with Crippen molar-refractivity contribution < 1.29 is 14.7 Å². The first-order valence-corrected chi connectivity index (χ1v) is 4.48. The van der Waals surface area contributed by atoms with E-state index >= 15 is 0 Å². The number of aliphatic carboxylic acids is 1. The van der Waals surface area contributed by atoms with Crippen LogP contribution in [-0.4, -0.2) is 17.7 Å². The van der Waals surface area contributed by atoms with Crippen molar-refractivity contribution >= 4 is 5.97 Å². The smallest absolute Gasteiger partial charge is 0.353 e. The Kier molecular flexibility index (Phi) is 7.01. The maximum atomic E-state index is 10.2. The van der Waals surface area contributed by atoms with Crippen molar-refractivity contribution in [3.05, 3.63) is 12.3 Å². The first kappa shape index (κ1) is 12.0. The second-order valence-electron chi connectivity index (χ2n) is 2.79. The Morgan fingerprint density at radius 1 is 1.46 bits per heavy atom. The molecule has 0 spiro atoms. The minimum absolute atomic E-state index is 0.129. The summed E-state index contributed by atoms with van der Waals surface area (Å²) < 4.78 is 0. The van der Waals surface area contributed by atoms with E-state index in [4.69, 9.17) is 9.94 Å². The predicted molar refractivity (Wildman–Crippen MR) is 50.0 cm³/mol. The summed E-state index contributed by atoms with van der Waals surface area (Å²) in [4.78, 5) is 15.1. The van der Waals surface area contributed by atoms with Gasteiger partial charge in [0.15, 0.2) is 0 Å². The normalized spacial score (nSPS) is 9.62. The van der Waals surface area contributed by atoms with Crippen molar-refractivity contribution in [2.45, 2.75) is 32.6 Å². The second kappa shape index (κ2) is 7.61. The monoisotopic (exact) mass is 187 g/mol. The fraction of sp³-hybridized carbons (Fsp3) is 0.667. The molecule has 4 nitrogen and oxygen atoms in total. The van der Waals surface area contributed by atoms with Gasteiger partial charge >= 0.3 is 5.97 Å². The first-order valence-electron chi connectivity index (χ1n) is 4.48. The van der Waals surface area contributed by atoms with Crippen molar-refractivity contribution in [1.29, 1.82) is 0 Å². The van der Waals surface area contributed by atoms with Crippen molar-refractivity contribution in [1.82, 2.24) is 5.48 Å². The molecular formula is C9H17NO3. The van der Waals surface area contributed by atoms with Gasteiger partial charge in [0, 0.05) is 0 Å². The van der Waals surface area contributed by atoms with Gasteiger partial charge < -0.3 is 5.11 Å². The van der Waals surface area contributed by atoms with Gasteiger partial charge in [-0.25, -0.2) is 4.79 Å².